The van der Waals surface area contributed by atoms with E-state index in [1.165, 1.54) is 6.92 Å². The van der Waals surface area contributed by atoms with Gasteiger partial charge in [-0.1, -0.05) is 34.7 Å². The lowest BCUT2D eigenvalue weighted by Crippen LogP contribution is -2.29. The summed E-state index contributed by atoms with van der Waals surface area (Å²) in [5.74, 6) is 0.237. The molecule has 1 aromatic carbocycles. The van der Waals surface area contributed by atoms with Gasteiger partial charge in [-0.2, -0.15) is 0 Å². The second-order valence-electron chi connectivity index (χ2n) is 3.04. The van der Waals surface area contributed by atoms with E-state index in [1.54, 1.807) is 12.1 Å². The Morgan fingerprint density at radius 3 is 2.57 bits per heavy atom. The van der Waals surface area contributed by atoms with Gasteiger partial charge in [0.1, 0.15) is 5.75 Å². The lowest BCUT2D eigenvalue weighted by Gasteiger charge is -2.10. The van der Waals surface area contributed by atoms with Crippen molar-refractivity contribution < 1.29 is 9.90 Å². The van der Waals surface area contributed by atoms with Crippen molar-refractivity contribution in [2.75, 3.05) is 0 Å². The molecule has 0 aliphatic heterocycles. The van der Waals surface area contributed by atoms with Crippen LogP contribution in [0.5, 0.6) is 5.75 Å². The van der Waals surface area contributed by atoms with Gasteiger partial charge in [-0.3, -0.25) is 4.79 Å². The van der Waals surface area contributed by atoms with E-state index in [4.69, 9.17) is 5.11 Å². The summed E-state index contributed by atoms with van der Waals surface area (Å²) in [4.78, 5) is 10.7. The van der Waals surface area contributed by atoms with Crippen LogP contribution in [0.1, 0.15) is 12.5 Å². The molecule has 0 aliphatic carbocycles. The van der Waals surface area contributed by atoms with Gasteiger partial charge in [0.15, 0.2) is 0 Å². The van der Waals surface area contributed by atoms with Crippen molar-refractivity contribution in [3.8, 4) is 5.75 Å². The Kier molecular flexibility index (Phi) is 4.19. The van der Waals surface area contributed by atoms with E-state index in [9.17, 15) is 4.79 Å². The predicted molar refractivity (Wildman–Crippen MR) is 63.4 cm³/mol. The number of carbonyl (C=O) groups is 1. The molecular weight excluding hydrogens is 293 g/mol. The molecular formula is C10H12INO2. The number of benzene rings is 1. The molecule has 0 aromatic heterocycles. The molecule has 1 aromatic rings. The highest BCUT2D eigenvalue weighted by molar-refractivity contribution is 14.1. The van der Waals surface area contributed by atoms with Crippen molar-refractivity contribution in [1.82, 2.24) is 5.32 Å². The second kappa shape index (κ2) is 5.19. The van der Waals surface area contributed by atoms with Crippen LogP contribution in [0.2, 0.25) is 0 Å². The highest BCUT2D eigenvalue weighted by Gasteiger charge is 2.05. The van der Waals surface area contributed by atoms with Crippen LogP contribution in [-0.2, 0) is 11.2 Å². The molecule has 1 rings (SSSR count). The summed E-state index contributed by atoms with van der Waals surface area (Å²) in [6, 6.07) is 6.99. The van der Waals surface area contributed by atoms with Crippen LogP contribution < -0.4 is 5.32 Å². The Morgan fingerprint density at radius 1 is 1.50 bits per heavy atom. The normalized spacial score (nSPS) is 12.1. The molecule has 0 bridgehead atoms. The summed E-state index contributed by atoms with van der Waals surface area (Å²) in [5, 5.41) is 11.9. The van der Waals surface area contributed by atoms with Gasteiger partial charge in [0, 0.05) is 13.3 Å². The zero-order valence-electron chi connectivity index (χ0n) is 7.83. The summed E-state index contributed by atoms with van der Waals surface area (Å²) >= 11 is 2.17. The first-order chi connectivity index (χ1) is 6.58. The average molecular weight is 305 g/mol. The van der Waals surface area contributed by atoms with Crippen molar-refractivity contribution in [2.45, 2.75) is 17.4 Å². The van der Waals surface area contributed by atoms with Crippen LogP contribution in [-0.4, -0.2) is 15.1 Å². The van der Waals surface area contributed by atoms with Gasteiger partial charge < -0.3 is 10.4 Å². The molecule has 0 fully saturated rings. The van der Waals surface area contributed by atoms with E-state index in [2.05, 4.69) is 27.9 Å². The van der Waals surface area contributed by atoms with E-state index in [0.29, 0.717) is 0 Å². The molecule has 14 heavy (non-hydrogen) atoms. The van der Waals surface area contributed by atoms with Crippen molar-refractivity contribution >= 4 is 28.5 Å². The molecule has 0 heterocycles. The molecule has 76 valence electrons. The van der Waals surface area contributed by atoms with Crippen LogP contribution in [0.15, 0.2) is 24.3 Å². The van der Waals surface area contributed by atoms with E-state index in [1.807, 2.05) is 12.1 Å². The van der Waals surface area contributed by atoms with Crippen molar-refractivity contribution in [3.05, 3.63) is 29.8 Å². The largest absolute Gasteiger partial charge is 0.508 e. The number of carbonyl (C=O) groups excluding carboxylic acids is 1. The fourth-order valence-corrected chi connectivity index (χ4v) is 2.06. The molecule has 1 amide bonds. The first-order valence-electron chi connectivity index (χ1n) is 4.27. The molecule has 4 heteroatoms. The number of hydrogen-bond acceptors (Lipinski definition) is 2. The molecule has 1 atom stereocenters. The zero-order chi connectivity index (χ0) is 10.6. The maximum absolute atomic E-state index is 10.7. The summed E-state index contributed by atoms with van der Waals surface area (Å²) in [6.45, 7) is 1.50. The zero-order valence-corrected chi connectivity index (χ0v) is 9.98. The average Bonchev–Trinajstić information content (AvgIpc) is 2.07. The number of phenols is 1. The van der Waals surface area contributed by atoms with Crippen molar-refractivity contribution in [1.29, 1.82) is 0 Å². The number of amides is 1. The smallest absolute Gasteiger partial charge is 0.217 e. The number of phenolic OH excluding ortho intramolecular Hbond substituents is 1. The molecule has 1 unspecified atom stereocenters. The van der Waals surface area contributed by atoms with Crippen LogP contribution >= 0.6 is 22.6 Å². The Morgan fingerprint density at radius 2 is 2.07 bits per heavy atom. The lowest BCUT2D eigenvalue weighted by atomic mass is 10.1. The molecule has 3 nitrogen and oxygen atoms in total. The van der Waals surface area contributed by atoms with Crippen LogP contribution in [0.3, 0.4) is 0 Å². The molecule has 0 spiro atoms. The topological polar surface area (TPSA) is 49.3 Å². The number of nitrogens with one attached hydrogen (secondary N) is 1. The van der Waals surface area contributed by atoms with E-state index in [0.717, 1.165) is 12.0 Å². The Balaban J connectivity index is 2.51. The number of rotatable bonds is 3. The summed E-state index contributed by atoms with van der Waals surface area (Å²) in [7, 11) is 0. The predicted octanol–water partition coefficient (Wildman–Crippen LogP) is 1.83. The first kappa shape index (κ1) is 11.3. The third-order valence-corrected chi connectivity index (χ3v) is 2.46. The minimum absolute atomic E-state index is 0.0248. The van der Waals surface area contributed by atoms with Crippen molar-refractivity contribution in [2.24, 2.45) is 0 Å². The summed E-state index contributed by atoms with van der Waals surface area (Å²) in [6.07, 6.45) is 0.764. The summed E-state index contributed by atoms with van der Waals surface area (Å²) in [5.41, 5.74) is 1.09. The third-order valence-electron chi connectivity index (χ3n) is 1.71. The number of aromatic hydroxyl groups is 1. The fourth-order valence-electron chi connectivity index (χ4n) is 1.11. The van der Waals surface area contributed by atoms with Crippen LogP contribution in [0.4, 0.5) is 0 Å². The third kappa shape index (κ3) is 3.95. The molecule has 0 radical (unpaired) electrons. The molecule has 0 saturated carbocycles. The van der Waals surface area contributed by atoms with Gasteiger partial charge in [0.05, 0.1) is 4.05 Å². The molecule has 2 N–H and O–H groups in total. The maximum Gasteiger partial charge on any atom is 0.217 e. The number of alkyl halides is 1. The van der Waals surface area contributed by atoms with E-state index >= 15 is 0 Å². The first-order valence-corrected chi connectivity index (χ1v) is 5.51. The number of hydrogen-bond donors (Lipinski definition) is 2. The van der Waals surface area contributed by atoms with Gasteiger partial charge >= 0.3 is 0 Å². The number of halogens is 1. The Bertz CT molecular complexity index is 310. The standard InChI is InChI=1S/C10H12INO2/c1-7(13)12-10(11)6-8-2-4-9(14)5-3-8/h2-5,10,14H,6H2,1H3,(H,12,13). The van der Waals surface area contributed by atoms with E-state index < -0.39 is 0 Å². The van der Waals surface area contributed by atoms with Gasteiger partial charge in [-0.05, 0) is 17.7 Å². The Hall–Kier alpha value is -0.780. The highest BCUT2D eigenvalue weighted by atomic mass is 127. The van der Waals surface area contributed by atoms with Crippen LogP contribution in [0, 0.1) is 0 Å². The Labute approximate surface area is 96.7 Å². The fraction of sp³-hybridized carbons (Fsp3) is 0.300. The molecule has 0 aliphatic rings. The van der Waals surface area contributed by atoms with E-state index in [-0.39, 0.29) is 15.7 Å². The minimum Gasteiger partial charge on any atom is -0.508 e. The molecule has 0 saturated heterocycles. The van der Waals surface area contributed by atoms with Crippen LogP contribution in [0.25, 0.3) is 0 Å². The van der Waals surface area contributed by atoms with Crippen molar-refractivity contribution in [3.63, 3.8) is 0 Å². The van der Waals surface area contributed by atoms with Gasteiger partial charge in [0.2, 0.25) is 5.91 Å². The lowest BCUT2D eigenvalue weighted by molar-refractivity contribution is -0.119. The van der Waals surface area contributed by atoms with Gasteiger partial charge in [-0.15, -0.1) is 0 Å². The maximum atomic E-state index is 10.7. The summed E-state index contributed by atoms with van der Waals surface area (Å²) < 4.78 is 0.0923. The SMILES string of the molecule is CC(=O)NC(I)Cc1ccc(O)cc1. The minimum atomic E-state index is -0.0248. The van der Waals surface area contributed by atoms with Gasteiger partial charge in [0.25, 0.3) is 0 Å². The monoisotopic (exact) mass is 305 g/mol. The van der Waals surface area contributed by atoms with Gasteiger partial charge in [-0.25, -0.2) is 0 Å². The second-order valence-corrected chi connectivity index (χ2v) is 4.54. The quantitative estimate of drug-likeness (QED) is 0.508. The highest BCUT2D eigenvalue weighted by Crippen LogP contribution is 2.13.